The Morgan fingerprint density at radius 2 is 2.12 bits per heavy atom. The molecule has 1 aromatic heterocycles. The van der Waals surface area contributed by atoms with E-state index in [9.17, 15) is 4.79 Å². The molecule has 1 heterocycles. The number of anilines is 1. The Hall–Kier alpha value is -1.65. The van der Waals surface area contributed by atoms with E-state index in [4.69, 9.17) is 5.11 Å². The molecule has 0 amide bonds. The van der Waals surface area contributed by atoms with Crippen LogP contribution in [0.15, 0.2) is 6.07 Å². The third-order valence-electron chi connectivity index (χ3n) is 2.49. The Balaban J connectivity index is 2.93. The third kappa shape index (κ3) is 3.69. The Kier molecular flexibility index (Phi) is 4.43. The van der Waals surface area contributed by atoms with Crippen LogP contribution >= 0.6 is 0 Å². The molecule has 0 bridgehead atoms. The number of hydrogen-bond acceptors (Lipinski definition) is 4. The van der Waals surface area contributed by atoms with Gasteiger partial charge in [-0.3, -0.25) is 0 Å². The number of aryl methyl sites for hydroxylation is 2. The van der Waals surface area contributed by atoms with Crippen LogP contribution in [-0.2, 0) is 11.2 Å². The van der Waals surface area contributed by atoms with Crippen molar-refractivity contribution in [3.05, 3.63) is 17.6 Å². The average molecular weight is 237 g/mol. The molecular weight excluding hydrogens is 218 g/mol. The van der Waals surface area contributed by atoms with Crippen LogP contribution in [0.5, 0.6) is 0 Å². The van der Waals surface area contributed by atoms with Gasteiger partial charge in [-0.2, -0.15) is 0 Å². The molecule has 0 aliphatic carbocycles. The fourth-order valence-electron chi connectivity index (χ4n) is 1.56. The summed E-state index contributed by atoms with van der Waals surface area (Å²) in [4.78, 5) is 19.5. The molecule has 0 fully saturated rings. The van der Waals surface area contributed by atoms with Crippen molar-refractivity contribution >= 4 is 11.8 Å². The van der Waals surface area contributed by atoms with Gasteiger partial charge in [0.05, 0.1) is 0 Å². The lowest BCUT2D eigenvalue weighted by molar-refractivity contribution is -0.138. The number of hydrogen-bond donors (Lipinski definition) is 2. The zero-order chi connectivity index (χ0) is 13.0. The molecule has 2 N–H and O–H groups in total. The molecular formula is C12H19N3O2. The standard InChI is InChI=1S/C12H19N3O2/c1-5-9-6-10(14-8(4)13-9)15-11(7(2)3)12(16)17/h6-7,11H,5H2,1-4H3,(H,16,17)(H,13,14,15). The third-order valence-corrected chi connectivity index (χ3v) is 2.49. The minimum absolute atomic E-state index is 0.00662. The van der Waals surface area contributed by atoms with Gasteiger partial charge < -0.3 is 10.4 Å². The molecule has 1 unspecified atom stereocenters. The zero-order valence-corrected chi connectivity index (χ0v) is 10.7. The highest BCUT2D eigenvalue weighted by atomic mass is 16.4. The topological polar surface area (TPSA) is 75.1 Å². The van der Waals surface area contributed by atoms with Crippen molar-refractivity contribution < 1.29 is 9.90 Å². The van der Waals surface area contributed by atoms with Crippen molar-refractivity contribution in [2.45, 2.75) is 40.2 Å². The largest absolute Gasteiger partial charge is 0.480 e. The highest BCUT2D eigenvalue weighted by molar-refractivity contribution is 5.77. The fourth-order valence-corrected chi connectivity index (χ4v) is 1.56. The van der Waals surface area contributed by atoms with Crippen LogP contribution in [0.2, 0.25) is 0 Å². The van der Waals surface area contributed by atoms with Crippen LogP contribution < -0.4 is 5.32 Å². The maximum absolute atomic E-state index is 11.1. The number of carboxylic acids is 1. The number of carboxylic acid groups (broad SMARTS) is 1. The molecule has 0 aromatic carbocycles. The molecule has 0 saturated carbocycles. The minimum atomic E-state index is -0.866. The highest BCUT2D eigenvalue weighted by Gasteiger charge is 2.21. The van der Waals surface area contributed by atoms with Crippen LogP contribution in [0.3, 0.4) is 0 Å². The van der Waals surface area contributed by atoms with E-state index in [-0.39, 0.29) is 5.92 Å². The lowest BCUT2D eigenvalue weighted by Gasteiger charge is -2.18. The van der Waals surface area contributed by atoms with Gasteiger partial charge in [-0.1, -0.05) is 20.8 Å². The first-order chi connectivity index (χ1) is 7.93. The lowest BCUT2D eigenvalue weighted by Crippen LogP contribution is -2.34. The maximum atomic E-state index is 11.1. The molecule has 0 aliphatic rings. The molecule has 17 heavy (non-hydrogen) atoms. The second kappa shape index (κ2) is 5.61. The summed E-state index contributed by atoms with van der Waals surface area (Å²) in [5.41, 5.74) is 0.910. The van der Waals surface area contributed by atoms with Crippen molar-refractivity contribution in [2.75, 3.05) is 5.32 Å². The summed E-state index contributed by atoms with van der Waals surface area (Å²) in [5.74, 6) is 0.359. The first kappa shape index (κ1) is 13.4. The Morgan fingerprint density at radius 1 is 1.47 bits per heavy atom. The molecule has 94 valence electrons. The van der Waals surface area contributed by atoms with Crippen molar-refractivity contribution in [3.63, 3.8) is 0 Å². The number of nitrogens with zero attached hydrogens (tertiary/aromatic N) is 2. The van der Waals surface area contributed by atoms with Crippen LogP contribution in [0.25, 0.3) is 0 Å². The van der Waals surface area contributed by atoms with Gasteiger partial charge in [0.15, 0.2) is 0 Å². The smallest absolute Gasteiger partial charge is 0.326 e. The van der Waals surface area contributed by atoms with Gasteiger partial charge in [0.25, 0.3) is 0 Å². The van der Waals surface area contributed by atoms with Crippen LogP contribution in [0.4, 0.5) is 5.82 Å². The molecule has 0 aliphatic heterocycles. The van der Waals surface area contributed by atoms with Crippen LogP contribution in [-0.4, -0.2) is 27.1 Å². The summed E-state index contributed by atoms with van der Waals surface area (Å²) in [5, 5.41) is 12.0. The monoisotopic (exact) mass is 237 g/mol. The van der Waals surface area contributed by atoms with Crippen molar-refractivity contribution in [1.29, 1.82) is 0 Å². The first-order valence-electron chi connectivity index (χ1n) is 5.78. The molecule has 1 atom stereocenters. The van der Waals surface area contributed by atoms with E-state index in [0.29, 0.717) is 11.6 Å². The van der Waals surface area contributed by atoms with Gasteiger partial charge in [0.1, 0.15) is 17.7 Å². The van der Waals surface area contributed by atoms with E-state index in [1.54, 1.807) is 13.0 Å². The van der Waals surface area contributed by atoms with E-state index in [1.807, 2.05) is 20.8 Å². The summed E-state index contributed by atoms with van der Waals surface area (Å²) >= 11 is 0. The number of carbonyl (C=O) groups is 1. The van der Waals surface area contributed by atoms with Crippen molar-refractivity contribution in [3.8, 4) is 0 Å². The van der Waals surface area contributed by atoms with Gasteiger partial charge in [-0.05, 0) is 19.3 Å². The van der Waals surface area contributed by atoms with E-state index >= 15 is 0 Å². The van der Waals surface area contributed by atoms with Gasteiger partial charge in [-0.25, -0.2) is 14.8 Å². The molecule has 1 aromatic rings. The van der Waals surface area contributed by atoms with Gasteiger partial charge in [0.2, 0.25) is 0 Å². The minimum Gasteiger partial charge on any atom is -0.480 e. The second-order valence-corrected chi connectivity index (χ2v) is 4.35. The Morgan fingerprint density at radius 3 is 2.59 bits per heavy atom. The molecule has 5 nitrogen and oxygen atoms in total. The highest BCUT2D eigenvalue weighted by Crippen LogP contribution is 2.12. The summed E-state index contributed by atoms with van der Waals surface area (Å²) in [6.07, 6.45) is 0.803. The fraction of sp³-hybridized carbons (Fsp3) is 0.583. The molecule has 0 spiro atoms. The van der Waals surface area contributed by atoms with Crippen molar-refractivity contribution in [1.82, 2.24) is 9.97 Å². The quantitative estimate of drug-likeness (QED) is 0.817. The first-order valence-corrected chi connectivity index (χ1v) is 5.78. The maximum Gasteiger partial charge on any atom is 0.326 e. The predicted octanol–water partition coefficient (Wildman–Crippen LogP) is 1.87. The summed E-state index contributed by atoms with van der Waals surface area (Å²) in [6.45, 7) is 7.53. The van der Waals surface area contributed by atoms with Gasteiger partial charge in [-0.15, -0.1) is 0 Å². The van der Waals surface area contributed by atoms with E-state index < -0.39 is 12.0 Å². The van der Waals surface area contributed by atoms with Crippen molar-refractivity contribution in [2.24, 2.45) is 5.92 Å². The van der Waals surface area contributed by atoms with Gasteiger partial charge >= 0.3 is 5.97 Å². The lowest BCUT2D eigenvalue weighted by atomic mass is 10.0. The number of nitrogens with one attached hydrogen (secondary N) is 1. The normalized spacial score (nSPS) is 12.5. The SMILES string of the molecule is CCc1cc(NC(C(=O)O)C(C)C)nc(C)n1. The molecule has 5 heteroatoms. The van der Waals surface area contributed by atoms with E-state index in [1.165, 1.54) is 0 Å². The van der Waals surface area contributed by atoms with Crippen LogP contribution in [0, 0.1) is 12.8 Å². The number of rotatable bonds is 5. The second-order valence-electron chi connectivity index (χ2n) is 4.35. The Bertz CT molecular complexity index is 405. The number of aliphatic carboxylic acids is 1. The molecule has 0 radical (unpaired) electrons. The van der Waals surface area contributed by atoms with E-state index in [2.05, 4.69) is 15.3 Å². The Labute approximate surface area is 101 Å². The summed E-state index contributed by atoms with van der Waals surface area (Å²) in [7, 11) is 0. The predicted molar refractivity (Wildman–Crippen MR) is 66.0 cm³/mol. The zero-order valence-electron chi connectivity index (χ0n) is 10.7. The number of aromatic nitrogens is 2. The van der Waals surface area contributed by atoms with Crippen LogP contribution in [0.1, 0.15) is 32.3 Å². The average Bonchev–Trinajstić information content (AvgIpc) is 2.24. The van der Waals surface area contributed by atoms with E-state index in [0.717, 1.165) is 12.1 Å². The molecule has 1 rings (SSSR count). The summed E-state index contributed by atoms with van der Waals surface area (Å²) in [6, 6.07) is 1.17. The molecule has 0 saturated heterocycles. The summed E-state index contributed by atoms with van der Waals surface area (Å²) < 4.78 is 0. The van der Waals surface area contributed by atoms with Gasteiger partial charge in [0, 0.05) is 11.8 Å².